The van der Waals surface area contributed by atoms with E-state index < -0.39 is 0 Å². The average Bonchev–Trinajstić information content (AvgIpc) is 2.30. The molecule has 1 rings (SSSR count). The molecule has 0 radical (unpaired) electrons. The third-order valence-electron chi connectivity index (χ3n) is 1.54. The van der Waals surface area contributed by atoms with Crippen LogP contribution in [0.5, 0.6) is 0 Å². The average molecular weight is 193 g/mol. The van der Waals surface area contributed by atoms with Crippen molar-refractivity contribution in [1.29, 1.82) is 0 Å². The number of pyridine rings is 1. The monoisotopic (exact) mass is 193 g/mol. The Labute approximate surface area is 86.3 Å². The largest absolute Gasteiger partial charge is 0.329 e. The van der Waals surface area contributed by atoms with Crippen LogP contribution in [0.4, 0.5) is 5.82 Å². The van der Waals surface area contributed by atoms with Crippen LogP contribution in [0.3, 0.4) is 0 Å². The first-order valence-electron chi connectivity index (χ1n) is 5.00. The van der Waals surface area contributed by atoms with Gasteiger partial charge in [0, 0.05) is 19.7 Å². The molecule has 1 aromatic rings. The van der Waals surface area contributed by atoms with Crippen LogP contribution in [0.2, 0.25) is 0 Å². The van der Waals surface area contributed by atoms with Crippen molar-refractivity contribution in [2.24, 2.45) is 4.99 Å². The first kappa shape index (κ1) is 12.6. The number of nitrogens with one attached hydrogen (secondary N) is 1. The van der Waals surface area contributed by atoms with E-state index in [0.29, 0.717) is 0 Å². The second-order valence-electron chi connectivity index (χ2n) is 2.36. The molecule has 0 aromatic carbocycles. The summed E-state index contributed by atoms with van der Waals surface area (Å²) in [4.78, 5) is 8.19. The Morgan fingerprint density at radius 2 is 2.14 bits per heavy atom. The fraction of sp³-hybridized carbons (Fsp3) is 0.455. The number of amidine groups is 1. The zero-order valence-electron chi connectivity index (χ0n) is 9.41. The molecule has 3 nitrogen and oxygen atoms in total. The molecule has 0 amide bonds. The van der Waals surface area contributed by atoms with E-state index in [0.717, 1.165) is 18.1 Å². The van der Waals surface area contributed by atoms with Gasteiger partial charge < -0.3 is 5.32 Å². The van der Waals surface area contributed by atoms with Gasteiger partial charge in [0.2, 0.25) is 0 Å². The Bertz CT molecular complexity index is 254. The predicted octanol–water partition coefficient (Wildman–Crippen LogP) is 2.96. The minimum absolute atomic E-state index is 0.847. The summed E-state index contributed by atoms with van der Waals surface area (Å²) in [6, 6.07) is 5.75. The van der Waals surface area contributed by atoms with Gasteiger partial charge >= 0.3 is 0 Å². The van der Waals surface area contributed by atoms with Crippen molar-refractivity contribution in [3.8, 4) is 0 Å². The van der Waals surface area contributed by atoms with Gasteiger partial charge in [-0.1, -0.05) is 26.8 Å². The highest BCUT2D eigenvalue weighted by molar-refractivity contribution is 5.94. The fourth-order valence-corrected chi connectivity index (χ4v) is 0.887. The van der Waals surface area contributed by atoms with Gasteiger partial charge in [0.05, 0.1) is 0 Å². The van der Waals surface area contributed by atoms with E-state index in [4.69, 9.17) is 0 Å². The maximum atomic E-state index is 4.12. The summed E-state index contributed by atoms with van der Waals surface area (Å²) in [5, 5.41) is 3.12. The van der Waals surface area contributed by atoms with Crippen LogP contribution in [0.1, 0.15) is 27.2 Å². The SMILES string of the molecule is CC.CCC(=NC)Nc1ccccn1. The number of nitrogens with zero attached hydrogens (tertiary/aromatic N) is 2. The lowest BCUT2D eigenvalue weighted by atomic mass is 10.4. The molecule has 14 heavy (non-hydrogen) atoms. The highest BCUT2D eigenvalue weighted by Crippen LogP contribution is 2.00. The van der Waals surface area contributed by atoms with Gasteiger partial charge in [-0.2, -0.15) is 0 Å². The normalized spacial score (nSPS) is 10.1. The van der Waals surface area contributed by atoms with Crippen LogP contribution in [0.25, 0.3) is 0 Å². The Kier molecular flexibility index (Phi) is 7.42. The van der Waals surface area contributed by atoms with Crippen LogP contribution >= 0.6 is 0 Å². The first-order chi connectivity index (χ1) is 6.86. The number of aromatic nitrogens is 1. The van der Waals surface area contributed by atoms with Gasteiger partial charge in [-0.25, -0.2) is 4.98 Å². The number of aliphatic imine (C=N–C) groups is 1. The topological polar surface area (TPSA) is 37.3 Å². The minimum Gasteiger partial charge on any atom is -0.329 e. The highest BCUT2D eigenvalue weighted by atomic mass is 15.0. The summed E-state index contributed by atoms with van der Waals surface area (Å²) in [5.41, 5.74) is 0. The van der Waals surface area contributed by atoms with E-state index in [-0.39, 0.29) is 0 Å². The van der Waals surface area contributed by atoms with E-state index in [1.54, 1.807) is 13.2 Å². The molecule has 0 unspecified atom stereocenters. The molecule has 0 aliphatic carbocycles. The molecule has 78 valence electrons. The summed E-state index contributed by atoms with van der Waals surface area (Å²) in [7, 11) is 1.77. The summed E-state index contributed by atoms with van der Waals surface area (Å²) in [6.45, 7) is 6.05. The first-order valence-corrected chi connectivity index (χ1v) is 5.00. The Morgan fingerprint density at radius 1 is 1.43 bits per heavy atom. The van der Waals surface area contributed by atoms with E-state index in [9.17, 15) is 0 Å². The number of rotatable bonds is 2. The van der Waals surface area contributed by atoms with Gasteiger partial charge in [0.25, 0.3) is 0 Å². The summed E-state index contributed by atoms with van der Waals surface area (Å²) >= 11 is 0. The highest BCUT2D eigenvalue weighted by Gasteiger charge is 1.94. The Morgan fingerprint density at radius 3 is 2.57 bits per heavy atom. The van der Waals surface area contributed by atoms with Gasteiger partial charge in [-0.05, 0) is 12.1 Å². The molecule has 0 aliphatic heterocycles. The molecular weight excluding hydrogens is 174 g/mol. The third-order valence-corrected chi connectivity index (χ3v) is 1.54. The van der Waals surface area contributed by atoms with Crippen LogP contribution in [0, 0.1) is 0 Å². The minimum atomic E-state index is 0.847. The maximum absolute atomic E-state index is 4.12. The molecule has 0 saturated heterocycles. The van der Waals surface area contributed by atoms with Crippen LogP contribution in [-0.2, 0) is 0 Å². The number of hydrogen-bond donors (Lipinski definition) is 1. The predicted molar refractivity (Wildman–Crippen MR) is 62.9 cm³/mol. The molecule has 0 atom stereocenters. The molecule has 1 N–H and O–H groups in total. The smallest absolute Gasteiger partial charge is 0.131 e. The Hall–Kier alpha value is -1.38. The Balaban J connectivity index is 0.000000791. The van der Waals surface area contributed by atoms with Crippen molar-refractivity contribution in [1.82, 2.24) is 4.98 Å². The molecular formula is C11H19N3. The number of anilines is 1. The van der Waals surface area contributed by atoms with Crippen molar-refractivity contribution >= 4 is 11.7 Å². The lowest BCUT2D eigenvalue weighted by molar-refractivity contribution is 1.21. The molecule has 0 aliphatic rings. The zero-order chi connectivity index (χ0) is 10.8. The lowest BCUT2D eigenvalue weighted by Gasteiger charge is -2.04. The van der Waals surface area contributed by atoms with E-state index in [1.165, 1.54) is 0 Å². The number of hydrogen-bond acceptors (Lipinski definition) is 2. The molecule has 0 bridgehead atoms. The quantitative estimate of drug-likeness (QED) is 0.579. The van der Waals surface area contributed by atoms with Gasteiger partial charge in [-0.15, -0.1) is 0 Å². The molecule has 3 heteroatoms. The van der Waals surface area contributed by atoms with Crippen LogP contribution in [0.15, 0.2) is 29.4 Å². The van der Waals surface area contributed by atoms with Crippen molar-refractivity contribution in [3.05, 3.63) is 24.4 Å². The summed E-state index contributed by atoms with van der Waals surface area (Å²) < 4.78 is 0. The van der Waals surface area contributed by atoms with E-state index >= 15 is 0 Å². The lowest BCUT2D eigenvalue weighted by Crippen LogP contribution is -2.11. The van der Waals surface area contributed by atoms with Crippen LogP contribution < -0.4 is 5.32 Å². The standard InChI is InChI=1S/C9H13N3.C2H6/c1-3-8(10-2)12-9-6-4-5-7-11-9;1-2/h4-7H,3H2,1-2H3,(H,10,11,12);1-2H3. The van der Waals surface area contributed by atoms with E-state index in [1.807, 2.05) is 32.0 Å². The second-order valence-corrected chi connectivity index (χ2v) is 2.36. The zero-order valence-corrected chi connectivity index (χ0v) is 9.41. The van der Waals surface area contributed by atoms with Crippen LogP contribution in [-0.4, -0.2) is 17.9 Å². The van der Waals surface area contributed by atoms with Crippen molar-refractivity contribution in [2.75, 3.05) is 12.4 Å². The second kappa shape index (κ2) is 8.23. The fourth-order valence-electron chi connectivity index (χ4n) is 0.887. The van der Waals surface area contributed by atoms with E-state index in [2.05, 4.69) is 22.2 Å². The van der Waals surface area contributed by atoms with Crippen molar-refractivity contribution < 1.29 is 0 Å². The van der Waals surface area contributed by atoms with Crippen molar-refractivity contribution in [3.63, 3.8) is 0 Å². The van der Waals surface area contributed by atoms with Gasteiger partial charge in [0.15, 0.2) is 0 Å². The molecule has 0 fully saturated rings. The van der Waals surface area contributed by atoms with Crippen molar-refractivity contribution in [2.45, 2.75) is 27.2 Å². The molecule has 0 saturated carbocycles. The van der Waals surface area contributed by atoms with Gasteiger partial charge in [-0.3, -0.25) is 4.99 Å². The molecule has 1 aromatic heterocycles. The third kappa shape index (κ3) is 4.60. The van der Waals surface area contributed by atoms with Gasteiger partial charge in [0.1, 0.15) is 11.7 Å². The summed E-state index contributed by atoms with van der Waals surface area (Å²) in [6.07, 6.45) is 2.65. The summed E-state index contributed by atoms with van der Waals surface area (Å²) in [5.74, 6) is 1.80. The molecule has 0 spiro atoms. The molecule has 1 heterocycles. The maximum Gasteiger partial charge on any atom is 0.131 e.